The van der Waals surface area contributed by atoms with Gasteiger partial charge >= 0.3 is 0 Å². The largest absolute Gasteiger partial charge is 0.472 e. The molecule has 116 valence electrons. The molecule has 1 N–H and O–H groups in total. The Balaban J connectivity index is 1.59. The maximum absolute atomic E-state index is 12.5. The molecule has 0 bridgehead atoms. The fourth-order valence-corrected chi connectivity index (χ4v) is 3.97. The van der Waals surface area contributed by atoms with E-state index in [-0.39, 0.29) is 18.1 Å². The molecule has 0 aromatic carbocycles. The lowest BCUT2D eigenvalue weighted by atomic mass is 9.80. The summed E-state index contributed by atoms with van der Waals surface area (Å²) in [5.74, 6) is 0.524. The Bertz CT molecular complexity index is 457. The van der Waals surface area contributed by atoms with Crippen molar-refractivity contribution in [2.24, 2.45) is 5.92 Å². The number of carbonyl (C=O) groups excluding carboxylic acids is 1. The molecule has 1 aromatic heterocycles. The van der Waals surface area contributed by atoms with Crippen LogP contribution in [-0.2, 0) is 11.2 Å². The number of hydrogen-bond donors (Lipinski definition) is 1. The molecule has 2 aliphatic rings. The Morgan fingerprint density at radius 2 is 2.14 bits per heavy atom. The first-order valence-electron chi connectivity index (χ1n) is 8.24. The van der Waals surface area contributed by atoms with Gasteiger partial charge in [0, 0.05) is 24.9 Å². The Labute approximate surface area is 126 Å². The zero-order chi connectivity index (χ0) is 14.7. The first kappa shape index (κ1) is 14.6. The summed E-state index contributed by atoms with van der Waals surface area (Å²) in [5, 5.41) is 10.3. The van der Waals surface area contributed by atoms with E-state index in [9.17, 15) is 9.90 Å². The van der Waals surface area contributed by atoms with E-state index in [0.717, 1.165) is 50.6 Å². The quantitative estimate of drug-likeness (QED) is 0.928. The molecule has 4 nitrogen and oxygen atoms in total. The van der Waals surface area contributed by atoms with Gasteiger partial charge in [-0.25, -0.2) is 0 Å². The van der Waals surface area contributed by atoms with E-state index < -0.39 is 0 Å². The zero-order valence-electron chi connectivity index (χ0n) is 12.5. The summed E-state index contributed by atoms with van der Waals surface area (Å²) < 4.78 is 5.04. The Kier molecular flexibility index (Phi) is 4.63. The summed E-state index contributed by atoms with van der Waals surface area (Å²) in [7, 11) is 0. The summed E-state index contributed by atoms with van der Waals surface area (Å²) in [4.78, 5) is 14.6. The maximum Gasteiger partial charge on any atom is 0.223 e. The number of hydrogen-bond acceptors (Lipinski definition) is 3. The highest BCUT2D eigenvalue weighted by atomic mass is 16.3. The van der Waals surface area contributed by atoms with Crippen LogP contribution in [0.15, 0.2) is 23.0 Å². The minimum Gasteiger partial charge on any atom is -0.472 e. The fraction of sp³-hybridized carbons (Fsp3) is 0.706. The summed E-state index contributed by atoms with van der Waals surface area (Å²) >= 11 is 0. The normalized spacial score (nSPS) is 29.8. The lowest BCUT2D eigenvalue weighted by Crippen LogP contribution is -2.45. The Morgan fingerprint density at radius 1 is 1.29 bits per heavy atom. The van der Waals surface area contributed by atoms with Crippen LogP contribution in [0.3, 0.4) is 0 Å². The first-order chi connectivity index (χ1) is 10.3. The number of aryl methyl sites for hydroxylation is 1. The van der Waals surface area contributed by atoms with Crippen molar-refractivity contribution in [2.75, 3.05) is 6.54 Å². The van der Waals surface area contributed by atoms with Crippen molar-refractivity contribution >= 4 is 5.91 Å². The van der Waals surface area contributed by atoms with E-state index in [1.165, 1.54) is 6.42 Å². The average Bonchev–Trinajstić information content (AvgIpc) is 3.16. The molecular weight excluding hydrogens is 266 g/mol. The van der Waals surface area contributed by atoms with Gasteiger partial charge < -0.3 is 14.4 Å². The number of aliphatic hydroxyl groups excluding tert-OH is 1. The molecule has 1 aliphatic carbocycles. The van der Waals surface area contributed by atoms with E-state index in [4.69, 9.17) is 4.42 Å². The van der Waals surface area contributed by atoms with Gasteiger partial charge in [0.25, 0.3) is 0 Å². The highest BCUT2D eigenvalue weighted by Gasteiger charge is 2.38. The van der Waals surface area contributed by atoms with Crippen molar-refractivity contribution in [1.82, 2.24) is 4.90 Å². The monoisotopic (exact) mass is 291 g/mol. The van der Waals surface area contributed by atoms with Gasteiger partial charge in [0.2, 0.25) is 5.91 Å². The predicted molar refractivity (Wildman–Crippen MR) is 79.7 cm³/mol. The van der Waals surface area contributed by atoms with Crippen LogP contribution in [0.5, 0.6) is 0 Å². The number of rotatable bonds is 4. The van der Waals surface area contributed by atoms with Crippen LogP contribution in [-0.4, -0.2) is 34.6 Å². The standard InChI is InChI=1S/C17H25NO3/c19-16-6-2-1-4-14(16)15-5-3-10-18(15)17(20)8-7-13-9-11-21-12-13/h9,11-12,14-16,19H,1-8,10H2/t14-,15+,16+/m0/s1. The van der Waals surface area contributed by atoms with Gasteiger partial charge in [0.1, 0.15) is 0 Å². The molecule has 2 heterocycles. The first-order valence-corrected chi connectivity index (χ1v) is 8.24. The van der Waals surface area contributed by atoms with Gasteiger partial charge in [0.05, 0.1) is 18.6 Å². The van der Waals surface area contributed by atoms with E-state index >= 15 is 0 Å². The number of nitrogens with zero attached hydrogens (tertiary/aromatic N) is 1. The second-order valence-electron chi connectivity index (χ2n) is 6.44. The van der Waals surface area contributed by atoms with Crippen LogP contribution in [0.4, 0.5) is 0 Å². The molecule has 3 rings (SSSR count). The van der Waals surface area contributed by atoms with Crippen LogP contribution < -0.4 is 0 Å². The van der Waals surface area contributed by atoms with Crippen molar-refractivity contribution in [3.8, 4) is 0 Å². The third kappa shape index (κ3) is 3.31. The molecule has 3 atom stereocenters. The summed E-state index contributed by atoms with van der Waals surface area (Å²) in [6.07, 6.45) is 10.8. The van der Waals surface area contributed by atoms with Crippen LogP contribution >= 0.6 is 0 Å². The maximum atomic E-state index is 12.5. The number of likely N-dealkylation sites (tertiary alicyclic amines) is 1. The molecule has 21 heavy (non-hydrogen) atoms. The summed E-state index contributed by atoms with van der Waals surface area (Å²) in [6, 6.07) is 2.18. The minimum atomic E-state index is -0.217. The number of furan rings is 1. The number of carbonyl (C=O) groups is 1. The molecule has 1 aliphatic heterocycles. The molecule has 0 unspecified atom stereocenters. The molecule has 0 spiro atoms. The van der Waals surface area contributed by atoms with E-state index in [2.05, 4.69) is 0 Å². The molecule has 1 amide bonds. The smallest absolute Gasteiger partial charge is 0.223 e. The van der Waals surface area contributed by atoms with Gasteiger partial charge in [0.15, 0.2) is 0 Å². The SMILES string of the molecule is O=C(CCc1ccoc1)N1CCC[C@@H]1[C@@H]1CCCC[C@H]1O. The lowest BCUT2D eigenvalue weighted by molar-refractivity contribution is -0.134. The molecule has 0 radical (unpaired) electrons. The summed E-state index contributed by atoms with van der Waals surface area (Å²) in [6.45, 7) is 0.859. The van der Waals surface area contributed by atoms with Crippen molar-refractivity contribution in [3.63, 3.8) is 0 Å². The van der Waals surface area contributed by atoms with Gasteiger partial charge in [-0.3, -0.25) is 4.79 Å². The third-order valence-corrected chi connectivity index (χ3v) is 5.10. The highest BCUT2D eigenvalue weighted by molar-refractivity contribution is 5.77. The topological polar surface area (TPSA) is 53.7 Å². The number of amides is 1. The van der Waals surface area contributed by atoms with E-state index in [0.29, 0.717) is 12.3 Å². The van der Waals surface area contributed by atoms with Crippen LogP contribution in [0, 0.1) is 5.92 Å². The van der Waals surface area contributed by atoms with Gasteiger partial charge in [-0.2, -0.15) is 0 Å². The van der Waals surface area contributed by atoms with Crippen molar-refractivity contribution in [2.45, 2.75) is 63.5 Å². The minimum absolute atomic E-state index is 0.217. The van der Waals surface area contributed by atoms with Gasteiger partial charge in [-0.1, -0.05) is 12.8 Å². The molecule has 1 saturated heterocycles. The molecule has 1 aromatic rings. The van der Waals surface area contributed by atoms with Crippen molar-refractivity contribution < 1.29 is 14.3 Å². The molecule has 4 heteroatoms. The summed E-state index contributed by atoms with van der Waals surface area (Å²) in [5.41, 5.74) is 1.08. The third-order valence-electron chi connectivity index (χ3n) is 5.10. The lowest BCUT2D eigenvalue weighted by Gasteiger charge is -2.37. The highest BCUT2D eigenvalue weighted by Crippen LogP contribution is 2.35. The molecular formula is C17H25NO3. The van der Waals surface area contributed by atoms with Crippen LogP contribution in [0.2, 0.25) is 0 Å². The van der Waals surface area contributed by atoms with Gasteiger partial charge in [-0.15, -0.1) is 0 Å². The zero-order valence-corrected chi connectivity index (χ0v) is 12.5. The van der Waals surface area contributed by atoms with Crippen molar-refractivity contribution in [1.29, 1.82) is 0 Å². The van der Waals surface area contributed by atoms with Crippen molar-refractivity contribution in [3.05, 3.63) is 24.2 Å². The Morgan fingerprint density at radius 3 is 2.90 bits per heavy atom. The van der Waals surface area contributed by atoms with Crippen LogP contribution in [0.1, 0.15) is 50.5 Å². The number of aliphatic hydroxyl groups is 1. The Hall–Kier alpha value is -1.29. The van der Waals surface area contributed by atoms with Crippen LogP contribution in [0.25, 0.3) is 0 Å². The van der Waals surface area contributed by atoms with E-state index in [1.54, 1.807) is 12.5 Å². The molecule has 1 saturated carbocycles. The van der Waals surface area contributed by atoms with Gasteiger partial charge in [-0.05, 0) is 43.7 Å². The molecule has 2 fully saturated rings. The fourth-order valence-electron chi connectivity index (χ4n) is 3.97. The predicted octanol–water partition coefficient (Wildman–Crippen LogP) is 2.75. The second-order valence-corrected chi connectivity index (χ2v) is 6.44. The second kappa shape index (κ2) is 6.65. The van der Waals surface area contributed by atoms with E-state index in [1.807, 2.05) is 11.0 Å². The average molecular weight is 291 g/mol.